The minimum absolute atomic E-state index is 0. The van der Waals surface area contributed by atoms with Crippen molar-refractivity contribution in [2.75, 3.05) is 58.3 Å². The number of hydrogen-bond acceptors (Lipinski definition) is 5. The van der Waals surface area contributed by atoms with Gasteiger partial charge in [-0.25, -0.2) is 0 Å². The number of carbonyl (C=O) groups is 1. The molecule has 0 spiro atoms. The van der Waals surface area contributed by atoms with Crippen LogP contribution in [0.4, 0.5) is 5.69 Å². The number of aliphatic imine (C=N–C) groups is 1. The molecule has 2 saturated heterocycles. The number of nitrogens with zero attached hydrogens (tertiary/aromatic N) is 6. The first kappa shape index (κ1) is 25.3. The first-order valence-electron chi connectivity index (χ1n) is 11.2. The van der Waals surface area contributed by atoms with Crippen LogP contribution in [0.5, 0.6) is 5.75 Å². The fourth-order valence-electron chi connectivity index (χ4n) is 4.55. The van der Waals surface area contributed by atoms with Crippen LogP contribution in [0.15, 0.2) is 41.7 Å². The van der Waals surface area contributed by atoms with Crippen LogP contribution in [0.2, 0.25) is 0 Å². The highest BCUT2D eigenvalue weighted by atomic mass is 127. The lowest BCUT2D eigenvalue weighted by Crippen LogP contribution is -2.56. The van der Waals surface area contributed by atoms with Crippen LogP contribution >= 0.6 is 24.0 Å². The number of nitrogens with one attached hydrogen (secondary N) is 1. The molecule has 1 aromatic heterocycles. The van der Waals surface area contributed by atoms with E-state index in [9.17, 15) is 4.79 Å². The van der Waals surface area contributed by atoms with Crippen molar-refractivity contribution >= 4 is 41.5 Å². The fourth-order valence-corrected chi connectivity index (χ4v) is 4.55. The molecule has 2 aliphatic rings. The molecule has 1 aromatic carbocycles. The summed E-state index contributed by atoms with van der Waals surface area (Å²) in [7, 11) is 5.33. The summed E-state index contributed by atoms with van der Waals surface area (Å²) in [6.07, 6.45) is 6.05. The van der Waals surface area contributed by atoms with Gasteiger partial charge in [0.1, 0.15) is 12.3 Å². The Kier molecular flexibility index (Phi) is 8.95. The first-order chi connectivity index (χ1) is 15.6. The van der Waals surface area contributed by atoms with Crippen molar-refractivity contribution in [3.05, 3.63) is 42.2 Å². The van der Waals surface area contributed by atoms with Crippen molar-refractivity contribution in [3.63, 3.8) is 0 Å². The zero-order valence-electron chi connectivity index (χ0n) is 19.6. The van der Waals surface area contributed by atoms with Crippen LogP contribution in [0.3, 0.4) is 0 Å². The monoisotopic (exact) mass is 567 g/mol. The number of anilines is 1. The molecule has 1 unspecified atom stereocenters. The van der Waals surface area contributed by atoms with Crippen molar-refractivity contribution in [2.45, 2.75) is 18.9 Å². The van der Waals surface area contributed by atoms with E-state index in [0.717, 1.165) is 37.0 Å². The van der Waals surface area contributed by atoms with E-state index in [-0.39, 0.29) is 35.9 Å². The molecule has 2 aliphatic heterocycles. The maximum Gasteiger partial charge on any atom is 0.246 e. The molecule has 2 fully saturated rings. The molecule has 3 heterocycles. The predicted octanol–water partition coefficient (Wildman–Crippen LogP) is 2.11. The zero-order valence-corrected chi connectivity index (χ0v) is 21.9. The van der Waals surface area contributed by atoms with Crippen molar-refractivity contribution in [1.82, 2.24) is 24.9 Å². The van der Waals surface area contributed by atoms with Crippen molar-refractivity contribution in [1.29, 1.82) is 0 Å². The van der Waals surface area contributed by atoms with Gasteiger partial charge in [-0.2, -0.15) is 5.10 Å². The molecule has 0 bridgehead atoms. The molecular formula is C23H34IN7O2. The summed E-state index contributed by atoms with van der Waals surface area (Å²) in [5, 5.41) is 7.72. The summed E-state index contributed by atoms with van der Waals surface area (Å²) in [4.78, 5) is 23.6. The van der Waals surface area contributed by atoms with E-state index < -0.39 is 0 Å². The van der Waals surface area contributed by atoms with Crippen LogP contribution in [0, 0.1) is 0 Å². The number of methoxy groups -OCH3 is 1. The normalized spacial score (nSPS) is 18.3. The minimum atomic E-state index is 0. The number of guanidine groups is 1. The number of benzene rings is 1. The number of ether oxygens (including phenoxy) is 1. The van der Waals surface area contributed by atoms with Gasteiger partial charge in [0.25, 0.3) is 0 Å². The Morgan fingerprint density at radius 3 is 2.67 bits per heavy atom. The predicted molar refractivity (Wildman–Crippen MR) is 140 cm³/mol. The SMILES string of the molecule is CN=C(NCC(c1cccc(OC)c1)N1CCCC1)N1CCN(c2cnn(C)c2)C(=O)C1.I. The van der Waals surface area contributed by atoms with Crippen LogP contribution < -0.4 is 15.0 Å². The van der Waals surface area contributed by atoms with Crippen molar-refractivity contribution in [3.8, 4) is 5.75 Å². The molecule has 180 valence electrons. The number of piperazine rings is 1. The lowest BCUT2D eigenvalue weighted by Gasteiger charge is -2.36. The van der Waals surface area contributed by atoms with Crippen LogP contribution in [0.25, 0.3) is 0 Å². The van der Waals surface area contributed by atoms with E-state index in [2.05, 4.69) is 32.4 Å². The molecule has 1 atom stereocenters. The zero-order chi connectivity index (χ0) is 22.5. The van der Waals surface area contributed by atoms with Crippen LogP contribution in [-0.4, -0.2) is 84.9 Å². The number of carbonyl (C=O) groups excluding carboxylic acids is 1. The highest BCUT2D eigenvalue weighted by molar-refractivity contribution is 14.0. The van der Waals surface area contributed by atoms with Gasteiger partial charge in [-0.15, -0.1) is 24.0 Å². The highest BCUT2D eigenvalue weighted by Crippen LogP contribution is 2.27. The molecule has 9 nitrogen and oxygen atoms in total. The summed E-state index contributed by atoms with van der Waals surface area (Å²) < 4.78 is 7.17. The maximum absolute atomic E-state index is 12.8. The smallest absolute Gasteiger partial charge is 0.246 e. The number of aromatic nitrogens is 2. The second-order valence-corrected chi connectivity index (χ2v) is 8.30. The van der Waals surface area contributed by atoms with E-state index in [1.165, 1.54) is 18.4 Å². The molecule has 2 aromatic rings. The number of amides is 1. The van der Waals surface area contributed by atoms with Crippen molar-refractivity contribution in [2.24, 2.45) is 12.0 Å². The maximum atomic E-state index is 12.8. The summed E-state index contributed by atoms with van der Waals surface area (Å²) in [6, 6.07) is 8.51. The van der Waals surface area contributed by atoms with Gasteiger partial charge < -0.3 is 19.9 Å². The molecule has 0 radical (unpaired) electrons. The quantitative estimate of drug-likeness (QED) is 0.328. The third-order valence-electron chi connectivity index (χ3n) is 6.25. The van der Waals surface area contributed by atoms with E-state index in [1.54, 1.807) is 29.9 Å². The van der Waals surface area contributed by atoms with Gasteiger partial charge in [0.15, 0.2) is 5.96 Å². The summed E-state index contributed by atoms with van der Waals surface area (Å²) in [6.45, 7) is 4.51. The third-order valence-corrected chi connectivity index (χ3v) is 6.25. The number of likely N-dealkylation sites (tertiary alicyclic amines) is 1. The molecule has 0 saturated carbocycles. The average molecular weight is 567 g/mol. The Labute approximate surface area is 212 Å². The second kappa shape index (κ2) is 11.7. The number of rotatable bonds is 6. The minimum Gasteiger partial charge on any atom is -0.497 e. The molecule has 33 heavy (non-hydrogen) atoms. The van der Waals surface area contributed by atoms with Gasteiger partial charge in [-0.3, -0.25) is 19.4 Å². The standard InChI is InChI=1S/C23H33N7O2.HI/c1-24-23(29-11-12-30(22(31)17-29)19-14-26-27(2)16-19)25-15-21(28-9-4-5-10-28)18-7-6-8-20(13-18)32-3;/h6-8,13-14,16,21H,4-5,9-12,15,17H2,1-3H3,(H,24,25);1H. The summed E-state index contributed by atoms with van der Waals surface area (Å²) in [5.74, 6) is 1.68. The molecule has 4 rings (SSSR count). The summed E-state index contributed by atoms with van der Waals surface area (Å²) in [5.41, 5.74) is 2.07. The van der Waals surface area contributed by atoms with Crippen molar-refractivity contribution < 1.29 is 9.53 Å². The Hall–Kier alpha value is -2.34. The van der Waals surface area contributed by atoms with Gasteiger partial charge in [0, 0.05) is 39.9 Å². The van der Waals surface area contributed by atoms with Gasteiger partial charge in [-0.05, 0) is 43.6 Å². The molecule has 0 aliphatic carbocycles. The lowest BCUT2D eigenvalue weighted by molar-refractivity contribution is -0.120. The van der Waals surface area contributed by atoms with Gasteiger partial charge in [0.2, 0.25) is 5.91 Å². The number of hydrogen-bond donors (Lipinski definition) is 1. The Balaban J connectivity index is 0.00000306. The Morgan fingerprint density at radius 1 is 1.24 bits per heavy atom. The molecule has 1 N–H and O–H groups in total. The van der Waals surface area contributed by atoms with E-state index >= 15 is 0 Å². The number of halogens is 1. The van der Waals surface area contributed by atoms with Gasteiger partial charge in [-0.1, -0.05) is 12.1 Å². The van der Waals surface area contributed by atoms with Gasteiger partial charge >= 0.3 is 0 Å². The average Bonchev–Trinajstić information content (AvgIpc) is 3.49. The Morgan fingerprint density at radius 2 is 2.03 bits per heavy atom. The largest absolute Gasteiger partial charge is 0.497 e. The second-order valence-electron chi connectivity index (χ2n) is 8.30. The first-order valence-corrected chi connectivity index (χ1v) is 11.2. The number of aryl methyl sites for hydroxylation is 1. The van der Waals surface area contributed by atoms with E-state index in [1.807, 2.05) is 30.3 Å². The third kappa shape index (κ3) is 5.97. The van der Waals surface area contributed by atoms with Crippen LogP contribution in [-0.2, 0) is 11.8 Å². The van der Waals surface area contributed by atoms with E-state index in [4.69, 9.17) is 4.74 Å². The van der Waals surface area contributed by atoms with Gasteiger partial charge in [0.05, 0.1) is 25.0 Å². The topological polar surface area (TPSA) is 78.2 Å². The molecule has 1 amide bonds. The Bertz CT molecular complexity index is 958. The molecule has 10 heteroatoms. The lowest BCUT2D eigenvalue weighted by atomic mass is 10.1. The van der Waals surface area contributed by atoms with E-state index in [0.29, 0.717) is 19.6 Å². The fraction of sp³-hybridized carbons (Fsp3) is 0.522. The molecular weight excluding hydrogens is 533 g/mol. The highest BCUT2D eigenvalue weighted by Gasteiger charge is 2.29. The van der Waals surface area contributed by atoms with Crippen LogP contribution in [0.1, 0.15) is 24.4 Å². The summed E-state index contributed by atoms with van der Waals surface area (Å²) >= 11 is 0.